The van der Waals surface area contributed by atoms with Crippen molar-refractivity contribution in [2.24, 2.45) is 5.92 Å². The number of sulfone groups is 1. The van der Waals surface area contributed by atoms with E-state index >= 15 is 0 Å². The van der Waals surface area contributed by atoms with Crippen LogP contribution in [0.2, 0.25) is 0 Å². The second-order valence-corrected chi connectivity index (χ2v) is 15.6. The van der Waals surface area contributed by atoms with Crippen molar-refractivity contribution in [2.45, 2.75) is 123 Å². The van der Waals surface area contributed by atoms with Gasteiger partial charge in [0.15, 0.2) is 0 Å². The highest BCUT2D eigenvalue weighted by Crippen LogP contribution is 2.45. The summed E-state index contributed by atoms with van der Waals surface area (Å²) in [4.78, 5) is 28.2. The number of hydrogen-bond acceptors (Lipinski definition) is 5. The molecular weight excluding hydrogens is 572 g/mol. The summed E-state index contributed by atoms with van der Waals surface area (Å²) in [6.45, 7) is 7.40. The van der Waals surface area contributed by atoms with Crippen molar-refractivity contribution in [3.8, 4) is 11.1 Å². The van der Waals surface area contributed by atoms with E-state index in [1.165, 1.54) is 64.2 Å². The minimum absolute atomic E-state index is 0. The van der Waals surface area contributed by atoms with E-state index in [4.69, 9.17) is 0 Å². The first kappa shape index (κ1) is 35.8. The Morgan fingerprint density at radius 1 is 1.00 bits per heavy atom. The molecule has 2 aliphatic carbocycles. The van der Waals surface area contributed by atoms with Crippen LogP contribution in [0.1, 0.15) is 113 Å². The molecule has 2 aromatic rings. The molecule has 1 atom stereocenters. The third kappa shape index (κ3) is 9.16. The number of hydrogen-bond donors (Lipinski definition) is 2. The third-order valence-electron chi connectivity index (χ3n) is 9.66. The van der Waals surface area contributed by atoms with Crippen LogP contribution in [0.15, 0.2) is 42.5 Å². The number of carbonyl (C=O) groups excluding carboxylic acids is 1. The van der Waals surface area contributed by atoms with Crippen LogP contribution < -0.4 is 5.32 Å². The average Bonchev–Trinajstić information content (AvgIpc) is 3.42. The van der Waals surface area contributed by atoms with Crippen molar-refractivity contribution in [1.29, 1.82) is 0 Å². The molecule has 1 amide bonds. The summed E-state index contributed by atoms with van der Waals surface area (Å²) in [6.07, 6.45) is 13.9. The molecule has 2 fully saturated rings. The van der Waals surface area contributed by atoms with Gasteiger partial charge in [-0.1, -0.05) is 82.7 Å². The Morgan fingerprint density at radius 3 is 2.25 bits per heavy atom. The van der Waals surface area contributed by atoms with Crippen molar-refractivity contribution >= 4 is 21.7 Å². The fourth-order valence-corrected chi connectivity index (χ4v) is 8.14. The van der Waals surface area contributed by atoms with E-state index in [1.54, 1.807) is 0 Å². The SMILES string of the molecule is C.Cc1ccccc1-c1cc(CN(C(C)C)C2(CC3CCCCC3)CCCC2)ccc1C(=O)N[C@@H](CCS(C)(=O)=O)C(=O)O. The van der Waals surface area contributed by atoms with E-state index in [-0.39, 0.29) is 25.1 Å². The molecule has 2 N–H and O–H groups in total. The number of benzene rings is 2. The Bertz CT molecular complexity index is 1370. The molecule has 0 spiro atoms. The lowest BCUT2D eigenvalue weighted by Gasteiger charge is -2.47. The van der Waals surface area contributed by atoms with Gasteiger partial charge in [-0.2, -0.15) is 0 Å². The van der Waals surface area contributed by atoms with E-state index in [0.717, 1.165) is 41.0 Å². The Labute approximate surface area is 265 Å². The largest absolute Gasteiger partial charge is 0.480 e. The molecule has 7 nitrogen and oxygen atoms in total. The van der Waals surface area contributed by atoms with Gasteiger partial charge in [0.1, 0.15) is 15.9 Å². The van der Waals surface area contributed by atoms with Crippen LogP contribution in [0.3, 0.4) is 0 Å². The van der Waals surface area contributed by atoms with E-state index in [0.29, 0.717) is 11.6 Å². The molecule has 0 aliphatic heterocycles. The zero-order valence-corrected chi connectivity index (χ0v) is 27.2. The number of carboxylic acid groups (broad SMARTS) is 1. The van der Waals surface area contributed by atoms with Crippen LogP contribution in [0.5, 0.6) is 0 Å². The first-order valence-corrected chi connectivity index (χ1v) is 18.1. The molecule has 44 heavy (non-hydrogen) atoms. The maximum absolute atomic E-state index is 13.6. The van der Waals surface area contributed by atoms with Gasteiger partial charge in [0.2, 0.25) is 0 Å². The molecule has 0 saturated heterocycles. The standard InChI is InChI=1S/C35H50N2O5S.CH4/c1-25(2)37(35(19-10-11-20-35)23-27-13-6-5-7-14-27)24-28-16-17-30(31(22-28)29-15-9-8-12-26(29)3)33(38)36-32(34(39)40)18-21-43(4,41)42;/h8-9,12,15-17,22,25,27,32H,5-7,10-11,13-14,18-21,23-24H2,1-4H3,(H,36,38)(H,39,40);1H4/t32-;/m0./s1. The number of aliphatic carboxylic acids is 1. The molecule has 0 heterocycles. The molecule has 2 aliphatic rings. The van der Waals surface area contributed by atoms with Gasteiger partial charge in [-0.05, 0) is 86.8 Å². The van der Waals surface area contributed by atoms with Crippen molar-refractivity contribution < 1.29 is 23.1 Å². The normalized spacial score (nSPS) is 17.8. The molecule has 4 rings (SSSR count). The summed E-state index contributed by atoms with van der Waals surface area (Å²) in [6, 6.07) is 12.9. The van der Waals surface area contributed by atoms with Crippen LogP contribution in [0.25, 0.3) is 11.1 Å². The second-order valence-electron chi connectivity index (χ2n) is 13.3. The summed E-state index contributed by atoms with van der Waals surface area (Å²) >= 11 is 0. The van der Waals surface area contributed by atoms with Crippen molar-refractivity contribution in [2.75, 3.05) is 12.0 Å². The van der Waals surface area contributed by atoms with Gasteiger partial charge in [0.25, 0.3) is 5.91 Å². The first-order chi connectivity index (χ1) is 20.4. The minimum atomic E-state index is -3.38. The molecule has 2 saturated carbocycles. The predicted molar refractivity (Wildman–Crippen MR) is 180 cm³/mol. The fraction of sp³-hybridized carbons (Fsp3) is 0.611. The highest BCUT2D eigenvalue weighted by Gasteiger charge is 2.42. The van der Waals surface area contributed by atoms with Crippen LogP contribution in [-0.4, -0.2) is 59.9 Å². The van der Waals surface area contributed by atoms with Crippen molar-refractivity contribution in [3.05, 3.63) is 59.2 Å². The summed E-state index contributed by atoms with van der Waals surface area (Å²) in [5.41, 5.74) is 4.42. The number of carboxylic acids is 1. The molecule has 244 valence electrons. The number of rotatable bonds is 13. The number of carbonyl (C=O) groups is 2. The first-order valence-electron chi connectivity index (χ1n) is 16.1. The van der Waals surface area contributed by atoms with Gasteiger partial charge in [0.05, 0.1) is 5.75 Å². The van der Waals surface area contributed by atoms with Crippen LogP contribution in [-0.2, 0) is 21.2 Å². The van der Waals surface area contributed by atoms with Gasteiger partial charge in [-0.25, -0.2) is 13.2 Å². The number of aryl methyl sites for hydroxylation is 1. The summed E-state index contributed by atoms with van der Waals surface area (Å²) < 4.78 is 23.4. The lowest BCUT2D eigenvalue weighted by Crippen LogP contribution is -2.51. The maximum Gasteiger partial charge on any atom is 0.326 e. The average molecular weight is 627 g/mol. The van der Waals surface area contributed by atoms with E-state index < -0.39 is 27.8 Å². The summed E-state index contributed by atoms with van der Waals surface area (Å²) in [5.74, 6) is -1.29. The molecule has 0 radical (unpaired) electrons. The van der Waals surface area contributed by atoms with Crippen LogP contribution >= 0.6 is 0 Å². The van der Waals surface area contributed by atoms with Gasteiger partial charge in [-0.15, -0.1) is 0 Å². The van der Waals surface area contributed by atoms with E-state index in [1.807, 2.05) is 43.3 Å². The minimum Gasteiger partial charge on any atom is -0.480 e. The second kappa shape index (κ2) is 15.5. The zero-order valence-electron chi connectivity index (χ0n) is 26.4. The highest BCUT2D eigenvalue weighted by molar-refractivity contribution is 7.90. The molecule has 8 heteroatoms. The number of amides is 1. The lowest BCUT2D eigenvalue weighted by atomic mass is 9.77. The predicted octanol–water partition coefficient (Wildman–Crippen LogP) is 7.41. The molecule has 0 aromatic heterocycles. The third-order valence-corrected chi connectivity index (χ3v) is 10.6. The topological polar surface area (TPSA) is 104 Å². The molecule has 0 bridgehead atoms. The van der Waals surface area contributed by atoms with E-state index in [9.17, 15) is 23.1 Å². The van der Waals surface area contributed by atoms with Gasteiger partial charge < -0.3 is 10.4 Å². The maximum atomic E-state index is 13.6. The Hall–Kier alpha value is -2.71. The highest BCUT2D eigenvalue weighted by atomic mass is 32.2. The van der Waals surface area contributed by atoms with Crippen LogP contribution in [0, 0.1) is 12.8 Å². The summed E-state index contributed by atoms with van der Waals surface area (Å²) in [7, 11) is -3.38. The number of nitrogens with one attached hydrogen (secondary N) is 1. The molecular formula is C36H54N2O5S. The van der Waals surface area contributed by atoms with Crippen molar-refractivity contribution in [3.63, 3.8) is 0 Å². The molecule has 2 aromatic carbocycles. The van der Waals surface area contributed by atoms with Crippen molar-refractivity contribution in [1.82, 2.24) is 10.2 Å². The van der Waals surface area contributed by atoms with Gasteiger partial charge in [-0.3, -0.25) is 9.69 Å². The Kier molecular flexibility index (Phi) is 12.6. The molecule has 0 unspecified atom stereocenters. The Morgan fingerprint density at radius 2 is 1.66 bits per heavy atom. The lowest BCUT2D eigenvalue weighted by molar-refractivity contribution is -0.139. The number of nitrogens with zero attached hydrogens (tertiary/aromatic N) is 1. The quantitative estimate of drug-likeness (QED) is 0.240. The Balaban J connectivity index is 0.00000529. The van der Waals surface area contributed by atoms with Gasteiger partial charge in [0, 0.05) is 29.9 Å². The van der Waals surface area contributed by atoms with Crippen LogP contribution in [0.4, 0.5) is 0 Å². The summed E-state index contributed by atoms with van der Waals surface area (Å²) in [5, 5.41) is 12.3. The monoisotopic (exact) mass is 626 g/mol. The fourth-order valence-electron chi connectivity index (χ4n) is 7.48. The smallest absolute Gasteiger partial charge is 0.326 e. The van der Waals surface area contributed by atoms with E-state index in [2.05, 4.69) is 30.1 Å². The zero-order chi connectivity index (χ0) is 31.2. The van der Waals surface area contributed by atoms with Gasteiger partial charge >= 0.3 is 5.97 Å².